The van der Waals surface area contributed by atoms with Crippen LogP contribution in [-0.2, 0) is 13.6 Å². The minimum atomic E-state index is -4.15. The molecule has 0 aliphatic rings. The fourth-order valence-electron chi connectivity index (χ4n) is 1.35. The van der Waals surface area contributed by atoms with Gasteiger partial charge < -0.3 is 0 Å². The summed E-state index contributed by atoms with van der Waals surface area (Å²) in [4.78, 5) is 1.23. The van der Waals surface area contributed by atoms with E-state index in [1.165, 1.54) is 11.9 Å². The molecule has 86 valence electrons. The van der Waals surface area contributed by atoms with Crippen molar-refractivity contribution in [3.8, 4) is 0 Å². The molecule has 1 aromatic rings. The van der Waals surface area contributed by atoms with E-state index >= 15 is 0 Å². The summed E-state index contributed by atoms with van der Waals surface area (Å²) in [7, 11) is 3.21. The van der Waals surface area contributed by atoms with Gasteiger partial charge >= 0.3 is 6.18 Å². The van der Waals surface area contributed by atoms with E-state index < -0.39 is 12.7 Å². The second-order valence-electron chi connectivity index (χ2n) is 3.67. The van der Waals surface area contributed by atoms with Crippen LogP contribution in [0, 0.1) is 6.92 Å². The number of halogens is 3. The van der Waals surface area contributed by atoms with E-state index in [4.69, 9.17) is 0 Å². The standard InChI is InChI=1S/C9H14F3N3/c1-7-8(4-13-15(7)3)5-14(2)6-9(10,11)12/h4H,5-6H2,1-3H3. The van der Waals surface area contributed by atoms with Crippen LogP contribution in [0.1, 0.15) is 11.3 Å². The first-order valence-corrected chi connectivity index (χ1v) is 4.52. The molecular weight excluding hydrogens is 207 g/mol. The number of rotatable bonds is 3. The number of hydrogen-bond donors (Lipinski definition) is 0. The van der Waals surface area contributed by atoms with Crippen LogP contribution in [0.4, 0.5) is 13.2 Å². The number of nitrogens with zero attached hydrogens (tertiary/aromatic N) is 3. The maximum atomic E-state index is 12.1. The summed E-state index contributed by atoms with van der Waals surface area (Å²) in [6, 6.07) is 0. The number of aryl methyl sites for hydroxylation is 1. The predicted molar refractivity (Wildman–Crippen MR) is 50.3 cm³/mol. The van der Waals surface area contributed by atoms with Gasteiger partial charge in [0.15, 0.2) is 0 Å². The molecule has 0 saturated carbocycles. The summed E-state index contributed by atoms with van der Waals surface area (Å²) in [6.07, 6.45) is -2.55. The second kappa shape index (κ2) is 4.22. The molecule has 0 radical (unpaired) electrons. The Morgan fingerprint density at radius 1 is 1.47 bits per heavy atom. The maximum Gasteiger partial charge on any atom is 0.401 e. The molecular formula is C9H14F3N3. The second-order valence-corrected chi connectivity index (χ2v) is 3.67. The van der Waals surface area contributed by atoms with Gasteiger partial charge in [-0.3, -0.25) is 9.58 Å². The van der Waals surface area contributed by atoms with Gasteiger partial charge in [0.05, 0.1) is 12.7 Å². The molecule has 6 heteroatoms. The van der Waals surface area contributed by atoms with E-state index in [1.807, 2.05) is 6.92 Å². The Kier molecular flexibility index (Phi) is 3.38. The van der Waals surface area contributed by atoms with Crippen LogP contribution >= 0.6 is 0 Å². The van der Waals surface area contributed by atoms with Crippen LogP contribution in [-0.4, -0.2) is 34.4 Å². The van der Waals surface area contributed by atoms with Gasteiger partial charge in [0, 0.05) is 24.8 Å². The van der Waals surface area contributed by atoms with E-state index in [0.717, 1.165) is 11.3 Å². The lowest BCUT2D eigenvalue weighted by Crippen LogP contribution is -2.30. The molecule has 0 aliphatic heterocycles. The molecule has 0 spiro atoms. The van der Waals surface area contributed by atoms with Crippen LogP contribution < -0.4 is 0 Å². The van der Waals surface area contributed by atoms with Crippen molar-refractivity contribution in [3.63, 3.8) is 0 Å². The molecule has 1 rings (SSSR count). The molecule has 0 aromatic carbocycles. The van der Waals surface area contributed by atoms with Crippen LogP contribution in [0.25, 0.3) is 0 Å². The van der Waals surface area contributed by atoms with E-state index in [-0.39, 0.29) is 6.54 Å². The molecule has 0 saturated heterocycles. The van der Waals surface area contributed by atoms with Crippen LogP contribution in [0.5, 0.6) is 0 Å². The molecule has 0 aliphatic carbocycles. The van der Waals surface area contributed by atoms with E-state index in [9.17, 15) is 13.2 Å². The van der Waals surface area contributed by atoms with Crippen molar-refractivity contribution < 1.29 is 13.2 Å². The van der Waals surface area contributed by atoms with Crippen LogP contribution in [0.2, 0.25) is 0 Å². The third-order valence-electron chi connectivity index (χ3n) is 2.23. The number of aromatic nitrogens is 2. The average Bonchev–Trinajstić information content (AvgIpc) is 2.32. The van der Waals surface area contributed by atoms with E-state index in [0.29, 0.717) is 0 Å². The van der Waals surface area contributed by atoms with Gasteiger partial charge in [-0.15, -0.1) is 0 Å². The molecule has 0 amide bonds. The Bertz CT molecular complexity index is 330. The highest BCUT2D eigenvalue weighted by molar-refractivity contribution is 5.15. The Labute approximate surface area is 86.5 Å². The van der Waals surface area contributed by atoms with Crippen molar-refractivity contribution in [2.45, 2.75) is 19.6 Å². The van der Waals surface area contributed by atoms with E-state index in [1.54, 1.807) is 17.9 Å². The minimum absolute atomic E-state index is 0.263. The normalized spacial score (nSPS) is 12.5. The lowest BCUT2D eigenvalue weighted by Gasteiger charge is -2.18. The van der Waals surface area contributed by atoms with Gasteiger partial charge in [0.25, 0.3) is 0 Å². The van der Waals surface area contributed by atoms with Gasteiger partial charge in [0.1, 0.15) is 0 Å². The summed E-state index contributed by atoms with van der Waals surface area (Å²) in [5.74, 6) is 0. The fraction of sp³-hybridized carbons (Fsp3) is 0.667. The SMILES string of the molecule is Cc1c(CN(C)CC(F)(F)F)cnn1C. The third kappa shape index (κ3) is 3.54. The summed E-state index contributed by atoms with van der Waals surface area (Å²) in [5.41, 5.74) is 1.72. The first-order chi connectivity index (χ1) is 6.79. The fourth-order valence-corrected chi connectivity index (χ4v) is 1.35. The monoisotopic (exact) mass is 221 g/mol. The Morgan fingerprint density at radius 3 is 2.47 bits per heavy atom. The van der Waals surface area contributed by atoms with Crippen molar-refractivity contribution >= 4 is 0 Å². The van der Waals surface area contributed by atoms with Crippen molar-refractivity contribution in [1.82, 2.24) is 14.7 Å². The zero-order chi connectivity index (χ0) is 11.6. The molecule has 1 aromatic heterocycles. The predicted octanol–water partition coefficient (Wildman–Crippen LogP) is 1.72. The van der Waals surface area contributed by atoms with Crippen LogP contribution in [0.3, 0.4) is 0 Å². The van der Waals surface area contributed by atoms with Crippen molar-refractivity contribution in [2.24, 2.45) is 7.05 Å². The highest BCUT2D eigenvalue weighted by Gasteiger charge is 2.29. The summed E-state index contributed by atoms with van der Waals surface area (Å²) >= 11 is 0. The van der Waals surface area contributed by atoms with Crippen molar-refractivity contribution in [3.05, 3.63) is 17.5 Å². The van der Waals surface area contributed by atoms with Crippen molar-refractivity contribution in [2.75, 3.05) is 13.6 Å². The maximum absolute atomic E-state index is 12.1. The first kappa shape index (κ1) is 12.0. The van der Waals surface area contributed by atoms with Gasteiger partial charge in [0.2, 0.25) is 0 Å². The highest BCUT2D eigenvalue weighted by Crippen LogP contribution is 2.17. The average molecular weight is 221 g/mol. The number of hydrogen-bond acceptors (Lipinski definition) is 2. The quantitative estimate of drug-likeness (QED) is 0.775. The molecule has 0 bridgehead atoms. The highest BCUT2D eigenvalue weighted by atomic mass is 19.4. The largest absolute Gasteiger partial charge is 0.401 e. The minimum Gasteiger partial charge on any atom is -0.294 e. The van der Waals surface area contributed by atoms with Gasteiger partial charge in [-0.05, 0) is 14.0 Å². The summed E-state index contributed by atoms with van der Waals surface area (Å²) < 4.78 is 37.8. The molecule has 0 unspecified atom stereocenters. The first-order valence-electron chi connectivity index (χ1n) is 4.52. The topological polar surface area (TPSA) is 21.1 Å². The molecule has 0 N–H and O–H groups in total. The lowest BCUT2D eigenvalue weighted by molar-refractivity contribution is -0.144. The molecule has 0 atom stereocenters. The van der Waals surface area contributed by atoms with Gasteiger partial charge in [-0.1, -0.05) is 0 Å². The number of alkyl halides is 3. The Morgan fingerprint density at radius 2 is 2.07 bits per heavy atom. The van der Waals surface area contributed by atoms with Gasteiger partial charge in [-0.25, -0.2) is 0 Å². The summed E-state index contributed by atoms with van der Waals surface area (Å²) in [6.45, 7) is 1.20. The van der Waals surface area contributed by atoms with E-state index in [2.05, 4.69) is 5.10 Å². The molecule has 0 fully saturated rings. The Balaban J connectivity index is 2.59. The smallest absolute Gasteiger partial charge is 0.294 e. The zero-order valence-electron chi connectivity index (χ0n) is 8.97. The molecule has 3 nitrogen and oxygen atoms in total. The third-order valence-corrected chi connectivity index (χ3v) is 2.23. The molecule has 1 heterocycles. The Hall–Kier alpha value is -1.04. The van der Waals surface area contributed by atoms with Gasteiger partial charge in [-0.2, -0.15) is 18.3 Å². The summed E-state index contributed by atoms with van der Waals surface area (Å²) in [5, 5.41) is 3.97. The zero-order valence-corrected chi connectivity index (χ0v) is 8.97. The molecule has 15 heavy (non-hydrogen) atoms. The van der Waals surface area contributed by atoms with Crippen LogP contribution in [0.15, 0.2) is 6.20 Å². The van der Waals surface area contributed by atoms with Crippen molar-refractivity contribution in [1.29, 1.82) is 0 Å². The lowest BCUT2D eigenvalue weighted by atomic mass is 10.2.